The van der Waals surface area contributed by atoms with Gasteiger partial charge in [-0.1, -0.05) is 18.8 Å². The maximum Gasteiger partial charge on any atom is 0.252 e. The third-order valence-corrected chi connectivity index (χ3v) is 4.30. The van der Waals surface area contributed by atoms with Crippen LogP contribution < -0.4 is 5.32 Å². The second-order valence-electron chi connectivity index (χ2n) is 4.55. The molecule has 0 fully saturated rings. The molecular formula is C15H20N2O3S. The van der Waals surface area contributed by atoms with Crippen molar-refractivity contribution >= 4 is 16.7 Å². The van der Waals surface area contributed by atoms with Gasteiger partial charge in [0.25, 0.3) is 5.91 Å². The highest BCUT2D eigenvalue weighted by Gasteiger charge is 2.11. The first kappa shape index (κ1) is 17.3. The van der Waals surface area contributed by atoms with Crippen molar-refractivity contribution in [3.8, 4) is 11.8 Å². The van der Waals surface area contributed by atoms with Crippen LogP contribution in [0, 0.1) is 11.8 Å². The van der Waals surface area contributed by atoms with E-state index in [1.165, 1.54) is 12.4 Å². The van der Waals surface area contributed by atoms with Crippen molar-refractivity contribution in [3.63, 3.8) is 0 Å². The fourth-order valence-corrected chi connectivity index (χ4v) is 2.01. The summed E-state index contributed by atoms with van der Waals surface area (Å²) in [5.41, 5.74) is 0.997. The summed E-state index contributed by atoms with van der Waals surface area (Å²) in [5, 5.41) is 11.6. The number of aromatic nitrogens is 1. The average molecular weight is 308 g/mol. The molecule has 0 bridgehead atoms. The van der Waals surface area contributed by atoms with Crippen LogP contribution in [-0.2, 0) is 10.8 Å². The number of aliphatic hydroxyl groups is 1. The maximum atomic E-state index is 12.1. The first-order valence-electron chi connectivity index (χ1n) is 6.70. The van der Waals surface area contributed by atoms with Gasteiger partial charge in [-0.2, -0.15) is 0 Å². The van der Waals surface area contributed by atoms with Crippen molar-refractivity contribution in [2.24, 2.45) is 0 Å². The standard InChI is InChI=1S/C15H20N2O3S/c1-12(21(2)20)6-9-17-15(19)14-7-8-16-11-13(14)5-3-4-10-18/h7-8,11-12,18H,4,6,9-10H2,1-2H3,(H,17,19). The maximum absolute atomic E-state index is 12.1. The van der Waals surface area contributed by atoms with Gasteiger partial charge in [-0.05, 0) is 12.5 Å². The molecule has 0 saturated heterocycles. The zero-order chi connectivity index (χ0) is 15.7. The summed E-state index contributed by atoms with van der Waals surface area (Å²) >= 11 is 0. The highest BCUT2D eigenvalue weighted by atomic mass is 32.2. The molecule has 2 unspecified atom stereocenters. The first-order chi connectivity index (χ1) is 10.1. The number of rotatable bonds is 6. The van der Waals surface area contributed by atoms with Crippen molar-refractivity contribution in [3.05, 3.63) is 29.6 Å². The Morgan fingerprint density at radius 1 is 1.57 bits per heavy atom. The smallest absolute Gasteiger partial charge is 0.252 e. The summed E-state index contributed by atoms with van der Waals surface area (Å²) in [4.78, 5) is 16.1. The number of hydrogen-bond acceptors (Lipinski definition) is 4. The van der Waals surface area contributed by atoms with E-state index in [4.69, 9.17) is 5.11 Å². The number of nitrogens with zero attached hydrogens (tertiary/aromatic N) is 1. The number of aliphatic hydroxyl groups excluding tert-OH is 1. The van der Waals surface area contributed by atoms with E-state index in [2.05, 4.69) is 22.1 Å². The molecule has 1 aromatic rings. The van der Waals surface area contributed by atoms with Gasteiger partial charge in [0.05, 0.1) is 17.7 Å². The average Bonchev–Trinajstić information content (AvgIpc) is 2.47. The number of carbonyl (C=O) groups is 1. The van der Waals surface area contributed by atoms with Crippen LogP contribution in [0.1, 0.15) is 35.7 Å². The highest BCUT2D eigenvalue weighted by molar-refractivity contribution is 7.84. The van der Waals surface area contributed by atoms with E-state index >= 15 is 0 Å². The summed E-state index contributed by atoms with van der Waals surface area (Å²) in [6.07, 6.45) is 5.74. The summed E-state index contributed by atoms with van der Waals surface area (Å²) in [7, 11) is -0.887. The van der Waals surface area contributed by atoms with E-state index in [-0.39, 0.29) is 17.8 Å². The molecule has 1 heterocycles. The SMILES string of the molecule is CC(CCNC(=O)c1ccncc1C#CCCO)S(C)=O. The topological polar surface area (TPSA) is 79.3 Å². The molecule has 6 heteroatoms. The molecular weight excluding hydrogens is 288 g/mol. The predicted molar refractivity (Wildman–Crippen MR) is 83.3 cm³/mol. The molecule has 1 aromatic heterocycles. The van der Waals surface area contributed by atoms with Gasteiger partial charge in [-0.25, -0.2) is 0 Å². The molecule has 0 aliphatic heterocycles. The van der Waals surface area contributed by atoms with E-state index in [1.807, 2.05) is 6.92 Å². The summed E-state index contributed by atoms with van der Waals surface area (Å²) < 4.78 is 11.2. The van der Waals surface area contributed by atoms with E-state index in [1.54, 1.807) is 12.3 Å². The minimum atomic E-state index is -0.887. The second-order valence-corrected chi connectivity index (χ2v) is 6.35. The predicted octanol–water partition coefficient (Wildman–Crippen LogP) is 0.702. The molecule has 0 saturated carbocycles. The van der Waals surface area contributed by atoms with Crippen molar-refractivity contribution < 1.29 is 14.1 Å². The molecule has 0 aliphatic carbocycles. The van der Waals surface area contributed by atoms with Crippen LogP contribution in [0.4, 0.5) is 0 Å². The lowest BCUT2D eigenvalue weighted by molar-refractivity contribution is 0.0953. The Morgan fingerprint density at radius 3 is 3.00 bits per heavy atom. The van der Waals surface area contributed by atoms with E-state index in [0.29, 0.717) is 30.5 Å². The van der Waals surface area contributed by atoms with Crippen LogP contribution in [0.2, 0.25) is 0 Å². The van der Waals surface area contributed by atoms with E-state index in [0.717, 1.165) is 0 Å². The number of pyridine rings is 1. The molecule has 1 amide bonds. The van der Waals surface area contributed by atoms with Gasteiger partial charge >= 0.3 is 0 Å². The van der Waals surface area contributed by atoms with Gasteiger partial charge in [0.1, 0.15) is 0 Å². The van der Waals surface area contributed by atoms with Gasteiger partial charge in [0.2, 0.25) is 0 Å². The number of nitrogens with one attached hydrogen (secondary N) is 1. The van der Waals surface area contributed by atoms with Crippen molar-refractivity contribution in [1.29, 1.82) is 0 Å². The minimum absolute atomic E-state index is 0.0131. The normalized spacial score (nSPS) is 12.9. The largest absolute Gasteiger partial charge is 0.395 e. The molecule has 2 N–H and O–H groups in total. The summed E-state index contributed by atoms with van der Waals surface area (Å²) in [6.45, 7) is 2.34. The second kappa shape index (κ2) is 9.27. The molecule has 0 aliphatic rings. The van der Waals surface area contributed by atoms with E-state index in [9.17, 15) is 9.00 Å². The van der Waals surface area contributed by atoms with Gasteiger partial charge < -0.3 is 10.4 Å². The molecule has 2 atom stereocenters. The third kappa shape index (κ3) is 6.06. The number of carbonyl (C=O) groups excluding carboxylic acids is 1. The minimum Gasteiger partial charge on any atom is -0.395 e. The Labute approximate surface area is 127 Å². The Hall–Kier alpha value is -1.71. The summed E-state index contributed by atoms with van der Waals surface area (Å²) in [6, 6.07) is 1.61. The van der Waals surface area contributed by atoms with Crippen LogP contribution in [0.25, 0.3) is 0 Å². The molecule has 0 aromatic carbocycles. The Balaban J connectivity index is 2.66. The molecule has 21 heavy (non-hydrogen) atoms. The van der Waals surface area contributed by atoms with Gasteiger partial charge in [-0.15, -0.1) is 0 Å². The summed E-state index contributed by atoms with van der Waals surface area (Å²) in [5.74, 6) is 5.38. The lowest BCUT2D eigenvalue weighted by Crippen LogP contribution is -2.28. The number of hydrogen-bond donors (Lipinski definition) is 2. The number of amides is 1. The third-order valence-electron chi connectivity index (χ3n) is 2.93. The molecule has 1 rings (SSSR count). The zero-order valence-corrected chi connectivity index (χ0v) is 13.1. The van der Waals surface area contributed by atoms with Crippen LogP contribution >= 0.6 is 0 Å². The van der Waals surface area contributed by atoms with E-state index < -0.39 is 10.8 Å². The molecule has 0 spiro atoms. The van der Waals surface area contributed by atoms with Crippen molar-refractivity contribution in [1.82, 2.24) is 10.3 Å². The zero-order valence-electron chi connectivity index (χ0n) is 12.3. The monoisotopic (exact) mass is 308 g/mol. The molecule has 0 radical (unpaired) electrons. The quantitative estimate of drug-likeness (QED) is 0.758. The van der Waals surface area contributed by atoms with Crippen LogP contribution in [0.15, 0.2) is 18.5 Å². The lowest BCUT2D eigenvalue weighted by Gasteiger charge is -2.10. The van der Waals surface area contributed by atoms with Crippen LogP contribution in [-0.4, -0.2) is 44.9 Å². The molecule has 5 nitrogen and oxygen atoms in total. The Kier molecular flexibility index (Phi) is 7.65. The van der Waals surface area contributed by atoms with Gasteiger partial charge in [0.15, 0.2) is 0 Å². The fraction of sp³-hybridized carbons (Fsp3) is 0.467. The first-order valence-corrected chi connectivity index (χ1v) is 8.32. The highest BCUT2D eigenvalue weighted by Crippen LogP contribution is 2.06. The van der Waals surface area contributed by atoms with Crippen molar-refractivity contribution in [2.45, 2.75) is 25.0 Å². The fourth-order valence-electron chi connectivity index (χ4n) is 1.56. The lowest BCUT2D eigenvalue weighted by atomic mass is 10.1. The van der Waals surface area contributed by atoms with Crippen molar-refractivity contribution in [2.75, 3.05) is 19.4 Å². The van der Waals surface area contributed by atoms with Crippen LogP contribution in [0.3, 0.4) is 0 Å². The van der Waals surface area contributed by atoms with Gasteiger partial charge in [-0.3, -0.25) is 14.0 Å². The molecule has 114 valence electrons. The Bertz CT molecular complexity index is 564. The van der Waals surface area contributed by atoms with Crippen LogP contribution in [0.5, 0.6) is 0 Å². The Morgan fingerprint density at radius 2 is 2.33 bits per heavy atom. The van der Waals surface area contributed by atoms with Gasteiger partial charge in [0, 0.05) is 47.7 Å².